The fraction of sp³-hybridized carbons (Fsp3) is 0.375. The van der Waals surface area contributed by atoms with Crippen molar-refractivity contribution in [3.63, 3.8) is 0 Å². The van der Waals surface area contributed by atoms with Crippen LogP contribution in [0.1, 0.15) is 46.9 Å². The maximum absolute atomic E-state index is 10.8. The van der Waals surface area contributed by atoms with Crippen molar-refractivity contribution in [3.05, 3.63) is 51.5 Å². The van der Waals surface area contributed by atoms with E-state index in [9.17, 15) is 4.79 Å². The number of rotatable bonds is 6. The first kappa shape index (κ1) is 15.7. The van der Waals surface area contributed by atoms with Gasteiger partial charge in [-0.25, -0.2) is 9.78 Å². The molecule has 0 aliphatic rings. The van der Waals surface area contributed by atoms with Crippen molar-refractivity contribution in [1.29, 1.82) is 0 Å². The Morgan fingerprint density at radius 3 is 2.52 bits per heavy atom. The Kier molecular flexibility index (Phi) is 4.75. The van der Waals surface area contributed by atoms with Gasteiger partial charge in [0.25, 0.3) is 0 Å². The maximum Gasteiger partial charge on any atom is 0.335 e. The number of nitrogens with one attached hydrogen (secondary N) is 1. The Balaban J connectivity index is 2.07. The van der Waals surface area contributed by atoms with E-state index < -0.39 is 5.97 Å². The molecule has 0 amide bonds. The van der Waals surface area contributed by atoms with Crippen LogP contribution in [-0.4, -0.2) is 16.1 Å². The fourth-order valence-electron chi connectivity index (χ4n) is 2.02. The second-order valence-corrected chi connectivity index (χ2v) is 6.19. The maximum atomic E-state index is 10.8. The highest BCUT2D eigenvalue weighted by atomic mass is 32.1. The van der Waals surface area contributed by atoms with Crippen LogP contribution in [0.2, 0.25) is 0 Å². The second kappa shape index (κ2) is 6.37. The minimum absolute atomic E-state index is 0.162. The normalized spacial score (nSPS) is 13.9. The van der Waals surface area contributed by atoms with Crippen molar-refractivity contribution in [3.8, 4) is 0 Å². The van der Waals surface area contributed by atoms with Crippen molar-refractivity contribution in [1.82, 2.24) is 10.3 Å². The first-order valence-electron chi connectivity index (χ1n) is 6.94. The van der Waals surface area contributed by atoms with Crippen molar-refractivity contribution in [2.24, 2.45) is 0 Å². The lowest BCUT2D eigenvalue weighted by molar-refractivity contribution is 0.0697. The molecule has 5 heteroatoms. The van der Waals surface area contributed by atoms with Crippen LogP contribution in [0.5, 0.6) is 0 Å². The lowest BCUT2D eigenvalue weighted by atomic mass is 9.99. The standard InChI is InChI=1S/C16H20N2O2S/c1-4-16(3,15-18-11(2)10-21-15)17-9-12-5-7-13(8-6-12)14(19)20/h5-8,10,17H,4,9H2,1-3H3,(H,19,20). The Bertz CT molecular complexity index is 621. The molecule has 2 rings (SSSR count). The lowest BCUT2D eigenvalue weighted by Gasteiger charge is -2.27. The summed E-state index contributed by atoms with van der Waals surface area (Å²) in [7, 11) is 0. The fourth-order valence-corrected chi connectivity index (χ4v) is 3.03. The van der Waals surface area contributed by atoms with Crippen LogP contribution < -0.4 is 5.32 Å². The molecule has 0 aliphatic carbocycles. The number of hydrogen-bond donors (Lipinski definition) is 2. The van der Waals surface area contributed by atoms with Gasteiger partial charge in [-0.1, -0.05) is 19.1 Å². The van der Waals surface area contributed by atoms with E-state index >= 15 is 0 Å². The van der Waals surface area contributed by atoms with E-state index in [2.05, 4.69) is 29.5 Å². The van der Waals surface area contributed by atoms with Gasteiger partial charge in [0.1, 0.15) is 5.01 Å². The number of nitrogens with zero attached hydrogens (tertiary/aromatic N) is 1. The number of carbonyl (C=O) groups is 1. The van der Waals surface area contributed by atoms with Crippen molar-refractivity contribution >= 4 is 17.3 Å². The molecule has 112 valence electrons. The summed E-state index contributed by atoms with van der Waals surface area (Å²) < 4.78 is 0. The van der Waals surface area contributed by atoms with Gasteiger partial charge >= 0.3 is 5.97 Å². The molecule has 0 radical (unpaired) electrons. The minimum Gasteiger partial charge on any atom is -0.478 e. The summed E-state index contributed by atoms with van der Waals surface area (Å²) in [5, 5.41) is 15.6. The van der Waals surface area contributed by atoms with Crippen LogP contribution in [0.4, 0.5) is 0 Å². The highest BCUT2D eigenvalue weighted by molar-refractivity contribution is 7.09. The van der Waals surface area contributed by atoms with Crippen LogP contribution in [0.15, 0.2) is 29.6 Å². The Morgan fingerprint density at radius 2 is 2.05 bits per heavy atom. The summed E-state index contributed by atoms with van der Waals surface area (Å²) in [4.78, 5) is 15.4. The van der Waals surface area contributed by atoms with Crippen LogP contribution >= 0.6 is 11.3 Å². The van der Waals surface area contributed by atoms with E-state index in [0.29, 0.717) is 12.1 Å². The van der Waals surface area contributed by atoms with E-state index in [-0.39, 0.29) is 5.54 Å². The predicted molar refractivity (Wildman–Crippen MR) is 84.7 cm³/mol. The van der Waals surface area contributed by atoms with Crippen molar-refractivity contribution in [2.75, 3.05) is 0 Å². The number of hydrogen-bond acceptors (Lipinski definition) is 4. The molecule has 1 atom stereocenters. The molecule has 1 unspecified atom stereocenters. The highest BCUT2D eigenvalue weighted by Gasteiger charge is 2.27. The molecule has 4 nitrogen and oxygen atoms in total. The molecular weight excluding hydrogens is 284 g/mol. The van der Waals surface area contributed by atoms with E-state index in [4.69, 9.17) is 5.11 Å². The van der Waals surface area contributed by atoms with Crippen LogP contribution in [-0.2, 0) is 12.1 Å². The number of carboxylic acids is 1. The van der Waals surface area contributed by atoms with E-state index in [1.807, 2.05) is 19.1 Å². The number of aryl methyl sites for hydroxylation is 1. The molecule has 0 fully saturated rings. The predicted octanol–water partition coefficient (Wildman–Crippen LogP) is 3.56. The smallest absolute Gasteiger partial charge is 0.335 e. The Morgan fingerprint density at radius 1 is 1.38 bits per heavy atom. The number of benzene rings is 1. The SMILES string of the molecule is CCC(C)(NCc1ccc(C(=O)O)cc1)c1nc(C)cs1. The molecule has 1 heterocycles. The van der Waals surface area contributed by atoms with Gasteiger partial charge in [-0.05, 0) is 38.0 Å². The van der Waals surface area contributed by atoms with E-state index in [1.54, 1.807) is 23.5 Å². The van der Waals surface area contributed by atoms with Gasteiger partial charge in [-0.2, -0.15) is 0 Å². The number of aromatic nitrogens is 1. The molecule has 0 saturated heterocycles. The monoisotopic (exact) mass is 304 g/mol. The zero-order valence-electron chi connectivity index (χ0n) is 12.5. The lowest BCUT2D eigenvalue weighted by Crippen LogP contribution is -2.38. The minimum atomic E-state index is -0.897. The summed E-state index contributed by atoms with van der Waals surface area (Å²) in [5.41, 5.74) is 2.26. The first-order valence-corrected chi connectivity index (χ1v) is 7.82. The third-order valence-corrected chi connectivity index (χ3v) is 4.91. The molecule has 0 bridgehead atoms. The first-order chi connectivity index (χ1) is 9.94. The Hall–Kier alpha value is -1.72. The van der Waals surface area contributed by atoms with Crippen LogP contribution in [0, 0.1) is 6.92 Å². The summed E-state index contributed by atoms with van der Waals surface area (Å²) in [6.07, 6.45) is 0.938. The third-order valence-electron chi connectivity index (χ3n) is 3.68. The second-order valence-electron chi connectivity index (χ2n) is 5.34. The summed E-state index contributed by atoms with van der Waals surface area (Å²) in [6, 6.07) is 6.96. The van der Waals surface area contributed by atoms with E-state index in [1.165, 1.54) is 0 Å². The van der Waals surface area contributed by atoms with Gasteiger partial charge in [0, 0.05) is 17.6 Å². The molecule has 21 heavy (non-hydrogen) atoms. The molecule has 1 aromatic heterocycles. The van der Waals surface area contributed by atoms with Gasteiger partial charge in [-0.15, -0.1) is 11.3 Å². The number of aromatic carboxylic acids is 1. The Labute approximate surface area is 128 Å². The highest BCUT2D eigenvalue weighted by Crippen LogP contribution is 2.27. The quantitative estimate of drug-likeness (QED) is 0.856. The number of thiazole rings is 1. The van der Waals surface area contributed by atoms with Gasteiger partial charge in [0.15, 0.2) is 0 Å². The van der Waals surface area contributed by atoms with Crippen molar-refractivity contribution in [2.45, 2.75) is 39.3 Å². The third kappa shape index (κ3) is 3.68. The molecule has 1 aromatic carbocycles. The average molecular weight is 304 g/mol. The molecule has 2 N–H and O–H groups in total. The summed E-state index contributed by atoms with van der Waals surface area (Å²) >= 11 is 1.67. The van der Waals surface area contributed by atoms with Crippen molar-refractivity contribution < 1.29 is 9.90 Å². The van der Waals surface area contributed by atoms with Gasteiger partial charge in [0.05, 0.1) is 11.1 Å². The molecule has 0 spiro atoms. The molecule has 2 aromatic rings. The molecule has 0 aliphatic heterocycles. The molecular formula is C16H20N2O2S. The topological polar surface area (TPSA) is 62.2 Å². The van der Waals surface area contributed by atoms with Gasteiger partial charge < -0.3 is 10.4 Å². The van der Waals surface area contributed by atoms with E-state index in [0.717, 1.165) is 22.7 Å². The summed E-state index contributed by atoms with van der Waals surface area (Å²) in [5.74, 6) is -0.897. The van der Waals surface area contributed by atoms with Gasteiger partial charge in [0.2, 0.25) is 0 Å². The largest absolute Gasteiger partial charge is 0.478 e. The number of carboxylic acid groups (broad SMARTS) is 1. The summed E-state index contributed by atoms with van der Waals surface area (Å²) in [6.45, 7) is 6.97. The van der Waals surface area contributed by atoms with Crippen LogP contribution in [0.25, 0.3) is 0 Å². The average Bonchev–Trinajstić information content (AvgIpc) is 2.92. The molecule has 0 saturated carbocycles. The zero-order valence-corrected chi connectivity index (χ0v) is 13.3. The van der Waals surface area contributed by atoms with Crippen LogP contribution in [0.3, 0.4) is 0 Å². The zero-order chi connectivity index (χ0) is 15.5. The van der Waals surface area contributed by atoms with Gasteiger partial charge in [-0.3, -0.25) is 0 Å².